The molecule has 0 rings (SSSR count). The SMILES string of the molecule is COC(=O)[C@@H](NCC(=O)OC(C)(C)C)[C@@H](C)O. The molecule has 0 aromatic heterocycles. The van der Waals surface area contributed by atoms with Gasteiger partial charge in [-0.3, -0.25) is 14.9 Å². The molecule has 0 saturated carbocycles. The summed E-state index contributed by atoms with van der Waals surface area (Å²) >= 11 is 0. The number of hydrogen-bond acceptors (Lipinski definition) is 6. The monoisotopic (exact) mass is 247 g/mol. The fraction of sp³-hybridized carbons (Fsp3) is 0.818. The molecule has 2 atom stereocenters. The van der Waals surface area contributed by atoms with Crippen LogP contribution < -0.4 is 5.32 Å². The average Bonchev–Trinajstić information content (AvgIpc) is 2.14. The number of rotatable bonds is 5. The number of hydrogen-bond donors (Lipinski definition) is 2. The van der Waals surface area contributed by atoms with Gasteiger partial charge in [-0.05, 0) is 27.7 Å². The molecule has 0 saturated heterocycles. The number of carbonyl (C=O) groups is 2. The Morgan fingerprint density at radius 2 is 1.88 bits per heavy atom. The van der Waals surface area contributed by atoms with Crippen LogP contribution in [0.3, 0.4) is 0 Å². The number of methoxy groups -OCH3 is 1. The van der Waals surface area contributed by atoms with Crippen LogP contribution in [0.4, 0.5) is 0 Å². The van der Waals surface area contributed by atoms with Gasteiger partial charge in [0.2, 0.25) is 0 Å². The van der Waals surface area contributed by atoms with E-state index >= 15 is 0 Å². The van der Waals surface area contributed by atoms with Crippen LogP contribution in [0.25, 0.3) is 0 Å². The Morgan fingerprint density at radius 1 is 1.35 bits per heavy atom. The lowest BCUT2D eigenvalue weighted by Crippen LogP contribution is -2.48. The molecule has 0 aliphatic heterocycles. The van der Waals surface area contributed by atoms with E-state index in [1.807, 2.05) is 0 Å². The van der Waals surface area contributed by atoms with Crippen molar-refractivity contribution in [3.63, 3.8) is 0 Å². The lowest BCUT2D eigenvalue weighted by Gasteiger charge is -2.22. The van der Waals surface area contributed by atoms with Crippen LogP contribution in [0.1, 0.15) is 27.7 Å². The number of aliphatic hydroxyl groups is 1. The van der Waals surface area contributed by atoms with Crippen molar-refractivity contribution >= 4 is 11.9 Å². The summed E-state index contributed by atoms with van der Waals surface area (Å²) in [5, 5.41) is 11.9. The van der Waals surface area contributed by atoms with Crippen molar-refractivity contribution in [2.75, 3.05) is 13.7 Å². The van der Waals surface area contributed by atoms with Gasteiger partial charge in [-0.1, -0.05) is 0 Å². The zero-order valence-electron chi connectivity index (χ0n) is 10.9. The van der Waals surface area contributed by atoms with Crippen LogP contribution in [-0.4, -0.2) is 48.4 Å². The van der Waals surface area contributed by atoms with Crippen molar-refractivity contribution in [1.29, 1.82) is 0 Å². The molecule has 0 aliphatic rings. The fourth-order valence-corrected chi connectivity index (χ4v) is 1.15. The molecule has 6 heteroatoms. The summed E-state index contributed by atoms with van der Waals surface area (Å²) in [6.07, 6.45) is -0.954. The first-order valence-electron chi connectivity index (χ1n) is 5.38. The summed E-state index contributed by atoms with van der Waals surface area (Å²) in [7, 11) is 1.22. The predicted octanol–water partition coefficient (Wildman–Crippen LogP) is -0.160. The minimum Gasteiger partial charge on any atom is -0.468 e. The van der Waals surface area contributed by atoms with Gasteiger partial charge in [-0.2, -0.15) is 0 Å². The molecular weight excluding hydrogens is 226 g/mol. The maximum atomic E-state index is 11.4. The molecule has 0 unspecified atom stereocenters. The van der Waals surface area contributed by atoms with Gasteiger partial charge < -0.3 is 14.6 Å². The Labute approximate surface area is 101 Å². The molecule has 0 spiro atoms. The molecule has 0 radical (unpaired) electrons. The van der Waals surface area contributed by atoms with Gasteiger partial charge >= 0.3 is 11.9 Å². The van der Waals surface area contributed by atoms with Crippen LogP contribution in [0.2, 0.25) is 0 Å². The molecule has 17 heavy (non-hydrogen) atoms. The highest BCUT2D eigenvalue weighted by Gasteiger charge is 2.25. The summed E-state index contributed by atoms with van der Waals surface area (Å²) in [5.41, 5.74) is -0.579. The Hall–Kier alpha value is -1.14. The van der Waals surface area contributed by atoms with Gasteiger partial charge in [0.25, 0.3) is 0 Å². The molecule has 0 heterocycles. The largest absolute Gasteiger partial charge is 0.468 e. The average molecular weight is 247 g/mol. The standard InChI is InChI=1S/C11H21NO5/c1-7(13)9(10(15)16-5)12-6-8(14)17-11(2,3)4/h7,9,12-13H,6H2,1-5H3/t7-,9+/m1/s1. The van der Waals surface area contributed by atoms with E-state index in [4.69, 9.17) is 4.74 Å². The van der Waals surface area contributed by atoms with E-state index in [0.29, 0.717) is 0 Å². The molecule has 6 nitrogen and oxygen atoms in total. The highest BCUT2D eigenvalue weighted by Crippen LogP contribution is 2.06. The van der Waals surface area contributed by atoms with Gasteiger partial charge in [-0.25, -0.2) is 0 Å². The maximum Gasteiger partial charge on any atom is 0.325 e. The Bertz CT molecular complexity index is 270. The van der Waals surface area contributed by atoms with Gasteiger partial charge in [0.05, 0.1) is 19.8 Å². The molecule has 0 fully saturated rings. The number of ether oxygens (including phenoxy) is 2. The van der Waals surface area contributed by atoms with E-state index in [0.717, 1.165) is 0 Å². The van der Waals surface area contributed by atoms with Crippen LogP contribution in [-0.2, 0) is 19.1 Å². The third-order valence-electron chi connectivity index (χ3n) is 1.82. The zero-order chi connectivity index (χ0) is 13.6. The minimum absolute atomic E-state index is 0.165. The van der Waals surface area contributed by atoms with Crippen LogP contribution in [0.15, 0.2) is 0 Å². The Morgan fingerprint density at radius 3 is 2.24 bits per heavy atom. The van der Waals surface area contributed by atoms with Crippen molar-refractivity contribution in [2.24, 2.45) is 0 Å². The lowest BCUT2D eigenvalue weighted by molar-refractivity contribution is -0.154. The third kappa shape index (κ3) is 6.91. The van der Waals surface area contributed by atoms with Crippen LogP contribution >= 0.6 is 0 Å². The smallest absolute Gasteiger partial charge is 0.325 e. The number of nitrogens with one attached hydrogen (secondary N) is 1. The molecule has 0 aromatic carbocycles. The summed E-state index contributed by atoms with van der Waals surface area (Å²) in [6.45, 7) is 6.51. The topological polar surface area (TPSA) is 84.9 Å². The highest BCUT2D eigenvalue weighted by molar-refractivity contribution is 5.78. The van der Waals surface area contributed by atoms with Gasteiger partial charge in [0.15, 0.2) is 0 Å². The normalized spacial score (nSPS) is 14.9. The Balaban J connectivity index is 4.23. The summed E-state index contributed by atoms with van der Waals surface area (Å²) in [6, 6.07) is -0.937. The molecule has 0 amide bonds. The van der Waals surface area contributed by atoms with Gasteiger partial charge in [0.1, 0.15) is 11.6 Å². The molecular formula is C11H21NO5. The summed E-state index contributed by atoms with van der Waals surface area (Å²) in [4.78, 5) is 22.6. The first kappa shape index (κ1) is 15.9. The number of esters is 2. The minimum atomic E-state index is -0.954. The van der Waals surface area contributed by atoms with Crippen LogP contribution in [0.5, 0.6) is 0 Å². The molecule has 0 aromatic rings. The van der Waals surface area contributed by atoms with Crippen molar-refractivity contribution < 1.29 is 24.2 Å². The molecule has 0 aliphatic carbocycles. The lowest BCUT2D eigenvalue weighted by atomic mass is 10.2. The van der Waals surface area contributed by atoms with E-state index in [1.165, 1.54) is 14.0 Å². The number of carbonyl (C=O) groups excluding carboxylic acids is 2. The van der Waals surface area contributed by atoms with E-state index in [2.05, 4.69) is 10.1 Å². The van der Waals surface area contributed by atoms with E-state index < -0.39 is 29.7 Å². The van der Waals surface area contributed by atoms with Gasteiger partial charge in [0, 0.05) is 0 Å². The predicted molar refractivity (Wildman–Crippen MR) is 61.3 cm³/mol. The zero-order valence-corrected chi connectivity index (χ0v) is 10.9. The second kappa shape index (κ2) is 6.56. The summed E-state index contributed by atoms with van der Waals surface area (Å²) < 4.78 is 9.54. The summed E-state index contributed by atoms with van der Waals surface area (Å²) in [5.74, 6) is -1.12. The fourth-order valence-electron chi connectivity index (χ4n) is 1.15. The van der Waals surface area contributed by atoms with Crippen molar-refractivity contribution in [2.45, 2.75) is 45.4 Å². The first-order chi connectivity index (χ1) is 7.67. The third-order valence-corrected chi connectivity index (χ3v) is 1.82. The maximum absolute atomic E-state index is 11.4. The molecule has 100 valence electrons. The highest BCUT2D eigenvalue weighted by atomic mass is 16.6. The second-order valence-corrected chi connectivity index (χ2v) is 4.71. The van der Waals surface area contributed by atoms with Gasteiger partial charge in [-0.15, -0.1) is 0 Å². The van der Waals surface area contributed by atoms with E-state index in [1.54, 1.807) is 20.8 Å². The number of aliphatic hydroxyl groups excluding tert-OH is 1. The van der Waals surface area contributed by atoms with Crippen molar-refractivity contribution in [1.82, 2.24) is 5.32 Å². The first-order valence-corrected chi connectivity index (χ1v) is 5.38. The molecule has 2 N–H and O–H groups in total. The Kier molecular flexibility index (Phi) is 6.12. The van der Waals surface area contributed by atoms with Crippen molar-refractivity contribution in [3.8, 4) is 0 Å². The van der Waals surface area contributed by atoms with Crippen LogP contribution in [0, 0.1) is 0 Å². The van der Waals surface area contributed by atoms with E-state index in [-0.39, 0.29) is 6.54 Å². The second-order valence-electron chi connectivity index (χ2n) is 4.71. The van der Waals surface area contributed by atoms with E-state index in [9.17, 15) is 14.7 Å². The quantitative estimate of drug-likeness (QED) is 0.657. The van der Waals surface area contributed by atoms with Crippen molar-refractivity contribution in [3.05, 3.63) is 0 Å². The molecule has 0 bridgehead atoms.